The molecule has 1 aliphatic heterocycles. The molecule has 2 N–H and O–H groups in total. The lowest BCUT2D eigenvalue weighted by Gasteiger charge is -2.34. The first-order valence-corrected chi connectivity index (χ1v) is 8.24. The maximum atomic E-state index is 4.11. The molecule has 1 aromatic rings. The van der Waals surface area contributed by atoms with Gasteiger partial charge in [-0.3, -0.25) is 4.98 Å². The van der Waals surface area contributed by atoms with E-state index in [1.807, 2.05) is 12.4 Å². The summed E-state index contributed by atoms with van der Waals surface area (Å²) in [4.78, 5) is 4.11. The summed E-state index contributed by atoms with van der Waals surface area (Å²) in [6, 6.07) is 6.09. The van der Waals surface area contributed by atoms with Gasteiger partial charge in [-0.25, -0.2) is 0 Å². The van der Waals surface area contributed by atoms with E-state index in [9.17, 15) is 0 Å². The normalized spacial score (nSPS) is 32.1. The molecule has 110 valence electrons. The second-order valence-corrected chi connectivity index (χ2v) is 6.43. The zero-order chi connectivity index (χ0) is 13.8. The SMILES string of the molecule is C[C@@H](NC1CCCC1C1CCCCN1)c1ccncc1. The quantitative estimate of drug-likeness (QED) is 0.885. The van der Waals surface area contributed by atoms with Crippen molar-refractivity contribution in [2.75, 3.05) is 6.54 Å². The largest absolute Gasteiger partial charge is 0.314 e. The van der Waals surface area contributed by atoms with Crippen LogP contribution in [0.1, 0.15) is 57.1 Å². The van der Waals surface area contributed by atoms with E-state index in [4.69, 9.17) is 0 Å². The highest BCUT2D eigenvalue weighted by Crippen LogP contribution is 2.33. The Kier molecular flexibility index (Phi) is 4.69. The minimum absolute atomic E-state index is 0.423. The molecule has 2 heterocycles. The van der Waals surface area contributed by atoms with Crippen molar-refractivity contribution in [1.29, 1.82) is 0 Å². The van der Waals surface area contributed by atoms with Crippen molar-refractivity contribution in [2.24, 2.45) is 5.92 Å². The van der Waals surface area contributed by atoms with Crippen LogP contribution in [0.3, 0.4) is 0 Å². The molecule has 1 saturated carbocycles. The van der Waals surface area contributed by atoms with Gasteiger partial charge in [-0.2, -0.15) is 0 Å². The average Bonchev–Trinajstić information content (AvgIpc) is 2.97. The molecule has 1 saturated heterocycles. The predicted octanol–water partition coefficient (Wildman–Crippen LogP) is 3.04. The molecule has 3 unspecified atom stereocenters. The van der Waals surface area contributed by atoms with Crippen LogP contribution < -0.4 is 10.6 Å². The number of pyridine rings is 1. The fourth-order valence-corrected chi connectivity index (χ4v) is 3.99. The Morgan fingerprint density at radius 1 is 1.15 bits per heavy atom. The number of piperidine rings is 1. The van der Waals surface area contributed by atoms with Gasteiger partial charge in [-0.15, -0.1) is 0 Å². The summed E-state index contributed by atoms with van der Waals surface area (Å²) in [5.74, 6) is 0.819. The van der Waals surface area contributed by atoms with E-state index < -0.39 is 0 Å². The van der Waals surface area contributed by atoms with Crippen LogP contribution in [-0.2, 0) is 0 Å². The van der Waals surface area contributed by atoms with Crippen molar-refractivity contribution in [3.63, 3.8) is 0 Å². The van der Waals surface area contributed by atoms with Crippen LogP contribution in [0.2, 0.25) is 0 Å². The van der Waals surface area contributed by atoms with E-state index in [1.54, 1.807) is 0 Å². The molecule has 0 spiro atoms. The van der Waals surface area contributed by atoms with Gasteiger partial charge in [0.1, 0.15) is 0 Å². The number of rotatable bonds is 4. The lowest BCUT2D eigenvalue weighted by Crippen LogP contribution is -2.47. The Morgan fingerprint density at radius 2 is 2.00 bits per heavy atom. The molecule has 1 aliphatic carbocycles. The minimum atomic E-state index is 0.423. The summed E-state index contributed by atoms with van der Waals surface area (Å²) in [6.45, 7) is 3.49. The van der Waals surface area contributed by atoms with Crippen molar-refractivity contribution in [1.82, 2.24) is 15.6 Å². The monoisotopic (exact) mass is 273 g/mol. The van der Waals surface area contributed by atoms with Crippen molar-refractivity contribution < 1.29 is 0 Å². The molecular formula is C17H27N3. The highest BCUT2D eigenvalue weighted by Gasteiger charge is 2.34. The topological polar surface area (TPSA) is 37.0 Å². The van der Waals surface area contributed by atoms with E-state index in [0.717, 1.165) is 12.0 Å². The summed E-state index contributed by atoms with van der Waals surface area (Å²) >= 11 is 0. The van der Waals surface area contributed by atoms with E-state index in [1.165, 1.54) is 50.6 Å². The molecule has 0 amide bonds. The summed E-state index contributed by atoms with van der Waals surface area (Å²) < 4.78 is 0. The van der Waals surface area contributed by atoms with E-state index in [-0.39, 0.29) is 0 Å². The van der Waals surface area contributed by atoms with Crippen LogP contribution in [0.4, 0.5) is 0 Å². The molecule has 3 heteroatoms. The van der Waals surface area contributed by atoms with Gasteiger partial charge in [-0.05, 0) is 62.8 Å². The van der Waals surface area contributed by atoms with Gasteiger partial charge in [0.25, 0.3) is 0 Å². The highest BCUT2D eigenvalue weighted by atomic mass is 15.0. The number of hydrogen-bond acceptors (Lipinski definition) is 3. The Hall–Kier alpha value is -0.930. The summed E-state index contributed by atoms with van der Waals surface area (Å²) in [6.07, 6.45) is 12.0. The fourth-order valence-electron chi connectivity index (χ4n) is 3.99. The maximum Gasteiger partial charge on any atom is 0.0295 e. The van der Waals surface area contributed by atoms with Gasteiger partial charge in [0.2, 0.25) is 0 Å². The minimum Gasteiger partial charge on any atom is -0.314 e. The van der Waals surface area contributed by atoms with Gasteiger partial charge in [0, 0.05) is 30.5 Å². The third-order valence-electron chi connectivity index (χ3n) is 5.10. The molecule has 3 nitrogen and oxygen atoms in total. The van der Waals surface area contributed by atoms with Crippen LogP contribution in [0.15, 0.2) is 24.5 Å². The Morgan fingerprint density at radius 3 is 2.75 bits per heavy atom. The van der Waals surface area contributed by atoms with Gasteiger partial charge in [0.05, 0.1) is 0 Å². The van der Waals surface area contributed by atoms with Gasteiger partial charge in [0.15, 0.2) is 0 Å². The molecule has 20 heavy (non-hydrogen) atoms. The summed E-state index contributed by atoms with van der Waals surface area (Å²) in [5.41, 5.74) is 1.35. The molecule has 3 rings (SSSR count). The Bertz CT molecular complexity index is 400. The third kappa shape index (κ3) is 3.21. The second kappa shape index (κ2) is 6.68. The second-order valence-electron chi connectivity index (χ2n) is 6.43. The van der Waals surface area contributed by atoms with Crippen LogP contribution in [0.5, 0.6) is 0 Å². The first kappa shape index (κ1) is 14.0. The number of aromatic nitrogens is 1. The summed E-state index contributed by atoms with van der Waals surface area (Å²) in [5, 5.41) is 7.63. The average molecular weight is 273 g/mol. The molecule has 0 bridgehead atoms. The summed E-state index contributed by atoms with van der Waals surface area (Å²) in [7, 11) is 0. The van der Waals surface area contributed by atoms with Crippen LogP contribution >= 0.6 is 0 Å². The molecule has 2 aliphatic rings. The smallest absolute Gasteiger partial charge is 0.0295 e. The highest BCUT2D eigenvalue weighted by molar-refractivity contribution is 5.14. The standard InChI is InChI=1S/C17H27N3/c1-13(14-8-11-18-12-9-14)20-17-7-4-5-15(17)16-6-2-3-10-19-16/h8-9,11-13,15-17,19-20H,2-7,10H2,1H3/t13-,15?,16?,17?/m1/s1. The Labute approximate surface area is 122 Å². The van der Waals surface area contributed by atoms with Crippen molar-refractivity contribution in [3.8, 4) is 0 Å². The lowest BCUT2D eigenvalue weighted by molar-refractivity contribution is 0.248. The van der Waals surface area contributed by atoms with Crippen molar-refractivity contribution in [2.45, 2.75) is 63.6 Å². The molecule has 0 radical (unpaired) electrons. The van der Waals surface area contributed by atoms with E-state index in [2.05, 4.69) is 34.7 Å². The van der Waals surface area contributed by atoms with Crippen LogP contribution in [0, 0.1) is 5.92 Å². The van der Waals surface area contributed by atoms with Gasteiger partial charge >= 0.3 is 0 Å². The zero-order valence-electron chi connectivity index (χ0n) is 12.5. The third-order valence-corrected chi connectivity index (χ3v) is 5.10. The molecule has 4 atom stereocenters. The first-order valence-electron chi connectivity index (χ1n) is 8.24. The fraction of sp³-hybridized carbons (Fsp3) is 0.706. The molecule has 0 aromatic carbocycles. The number of nitrogens with zero attached hydrogens (tertiary/aromatic N) is 1. The lowest BCUT2D eigenvalue weighted by atomic mass is 9.88. The van der Waals surface area contributed by atoms with Crippen LogP contribution in [0.25, 0.3) is 0 Å². The first-order chi connectivity index (χ1) is 9.84. The van der Waals surface area contributed by atoms with Crippen molar-refractivity contribution in [3.05, 3.63) is 30.1 Å². The van der Waals surface area contributed by atoms with E-state index >= 15 is 0 Å². The molecule has 2 fully saturated rings. The van der Waals surface area contributed by atoms with Crippen molar-refractivity contribution >= 4 is 0 Å². The number of hydrogen-bond donors (Lipinski definition) is 2. The zero-order valence-corrected chi connectivity index (χ0v) is 12.5. The number of nitrogens with one attached hydrogen (secondary N) is 2. The van der Waals surface area contributed by atoms with Gasteiger partial charge in [-0.1, -0.05) is 12.8 Å². The van der Waals surface area contributed by atoms with Gasteiger partial charge < -0.3 is 10.6 Å². The van der Waals surface area contributed by atoms with E-state index in [0.29, 0.717) is 12.1 Å². The van der Waals surface area contributed by atoms with Crippen LogP contribution in [-0.4, -0.2) is 23.6 Å². The molecule has 1 aromatic heterocycles. The maximum absolute atomic E-state index is 4.11. The molecular weight excluding hydrogens is 246 g/mol. The predicted molar refractivity (Wildman–Crippen MR) is 82.6 cm³/mol. The Balaban J connectivity index is 1.61.